The first-order valence-corrected chi connectivity index (χ1v) is 18.4. The summed E-state index contributed by atoms with van der Waals surface area (Å²) in [5.41, 5.74) is 5.63. The molecule has 0 saturated carbocycles. The van der Waals surface area contributed by atoms with E-state index >= 15 is 0 Å². The number of carbonyl (C=O) groups excluding carboxylic acids is 3. The van der Waals surface area contributed by atoms with E-state index in [0.29, 0.717) is 23.1 Å². The molecule has 5 rings (SSSR count). The zero-order valence-electron chi connectivity index (χ0n) is 27.1. The summed E-state index contributed by atoms with van der Waals surface area (Å²) in [6.07, 6.45) is 0.971. The maximum atomic E-state index is 13.6. The lowest BCUT2D eigenvalue weighted by Crippen LogP contribution is -2.63. The molecular formula is C31H35Cl2N6O10S2+. The van der Waals surface area contributed by atoms with E-state index in [1.165, 1.54) is 29.7 Å². The Balaban J connectivity index is 1.31. The summed E-state index contributed by atoms with van der Waals surface area (Å²) in [5.74, 6) is -6.11. The van der Waals surface area contributed by atoms with Gasteiger partial charge < -0.3 is 40.8 Å². The number of quaternary nitrogens is 1. The van der Waals surface area contributed by atoms with Gasteiger partial charge in [0.05, 0.1) is 48.1 Å². The Bertz CT molecular complexity index is 1830. The molecule has 0 radical (unpaired) electrons. The number of oxime groups is 1. The Morgan fingerprint density at radius 2 is 1.88 bits per heavy atom. The molecule has 3 aliphatic rings. The average molecular weight is 787 g/mol. The molecule has 51 heavy (non-hydrogen) atoms. The largest absolute Gasteiger partial charge is 0.504 e. The summed E-state index contributed by atoms with van der Waals surface area (Å²) in [4.78, 5) is 74.1. The molecule has 1 aromatic heterocycles. The number of phenols is 2. The molecule has 2 aromatic rings. The van der Waals surface area contributed by atoms with Gasteiger partial charge in [0, 0.05) is 17.7 Å². The summed E-state index contributed by atoms with van der Waals surface area (Å²) in [6.45, 7) is 3.65. The first-order valence-electron chi connectivity index (χ1n) is 15.8. The van der Waals surface area contributed by atoms with Crippen LogP contribution in [0, 0.1) is 5.92 Å². The molecule has 16 nitrogen and oxygen atoms in total. The zero-order valence-corrected chi connectivity index (χ0v) is 30.3. The van der Waals surface area contributed by atoms with Gasteiger partial charge in [0.25, 0.3) is 5.91 Å². The van der Waals surface area contributed by atoms with Gasteiger partial charge in [-0.1, -0.05) is 39.7 Å². The highest BCUT2D eigenvalue weighted by molar-refractivity contribution is 8.00. The number of phenolic OH excluding ortho intramolecular Hbond substituents is 2. The van der Waals surface area contributed by atoms with E-state index in [0.717, 1.165) is 49.8 Å². The lowest BCUT2D eigenvalue weighted by atomic mass is 9.89. The van der Waals surface area contributed by atoms with Crippen molar-refractivity contribution >= 4 is 86.7 Å². The number of ketones is 1. The van der Waals surface area contributed by atoms with Crippen LogP contribution in [0.4, 0.5) is 5.13 Å². The molecule has 0 aliphatic carbocycles. The fourth-order valence-corrected chi connectivity index (χ4v) is 8.96. The summed E-state index contributed by atoms with van der Waals surface area (Å²) in [5, 5.41) is 44.7. The van der Waals surface area contributed by atoms with Crippen molar-refractivity contribution in [3.05, 3.63) is 44.0 Å². The number of aliphatic carboxylic acids is 2. The van der Waals surface area contributed by atoms with Gasteiger partial charge in [0.2, 0.25) is 12.0 Å². The van der Waals surface area contributed by atoms with Gasteiger partial charge >= 0.3 is 11.9 Å². The maximum absolute atomic E-state index is 13.6. The molecule has 3 atom stereocenters. The minimum Gasteiger partial charge on any atom is -0.504 e. The number of nitrogen functional groups attached to an aromatic ring is 1. The number of nitrogens with two attached hydrogens (primary N) is 1. The molecule has 3 aliphatic heterocycles. The second-order valence-corrected chi connectivity index (χ2v) is 15.5. The van der Waals surface area contributed by atoms with Gasteiger partial charge in [-0.05, 0) is 38.3 Å². The Kier molecular flexibility index (Phi) is 11.7. The number of carboxylic acids is 2. The minimum absolute atomic E-state index is 0.00774. The zero-order chi connectivity index (χ0) is 37.2. The topological polar surface area (TPSA) is 242 Å². The molecule has 2 fully saturated rings. The van der Waals surface area contributed by atoms with Gasteiger partial charge in [0.15, 0.2) is 28.1 Å². The van der Waals surface area contributed by atoms with Crippen molar-refractivity contribution in [1.29, 1.82) is 0 Å². The number of thiazole rings is 1. The van der Waals surface area contributed by atoms with E-state index in [9.17, 15) is 44.4 Å². The number of anilines is 1. The number of carbonyl (C=O) groups is 5. The van der Waals surface area contributed by atoms with Crippen LogP contribution in [0.15, 0.2) is 28.6 Å². The third kappa shape index (κ3) is 8.04. The standard InChI is InChI=1S/C31H34Cl2N6O10S2/c1-14(29(45)46)49-37-21(22-25(33)51-31(34)36-22)19(41)11-17-27(44)38-23(30(47)48)15(13-50-28(17)38)12-39(8-3-2-4-9-39)10-7-35-26(43)16-5-6-18(40)24(42)20(16)32/h5-6,14,17,28H,2-4,7-13H2,1H3,(H6-,34,35,36,37,40,41,42,43,45,46,47,48)/p+1/t14-,17+,28+/m0/s1. The summed E-state index contributed by atoms with van der Waals surface area (Å²) in [7, 11) is 0. The van der Waals surface area contributed by atoms with Crippen molar-refractivity contribution < 1.29 is 53.7 Å². The molecule has 1 aromatic carbocycles. The number of thioether (sulfide) groups is 1. The van der Waals surface area contributed by atoms with Crippen LogP contribution in [-0.4, -0.2) is 120 Å². The van der Waals surface area contributed by atoms with E-state index in [-0.39, 0.29) is 43.7 Å². The first kappa shape index (κ1) is 38.1. The molecule has 0 spiro atoms. The fraction of sp³-hybridized carbons (Fsp3) is 0.452. The second-order valence-electron chi connectivity index (χ2n) is 12.4. The SMILES string of the molecule is C[C@H](O/N=C(\C(=O)C[C@@H]1C(=O)N2C(C(=O)O)=C(C[N+]3(CCNC(=O)c4ccc(O)c(O)c4Cl)CCCCC3)CS[C@H]12)c1nc(N)sc1Cl)C(=O)O. The maximum Gasteiger partial charge on any atom is 0.352 e. The van der Waals surface area contributed by atoms with Crippen LogP contribution in [0.2, 0.25) is 9.36 Å². The Hall–Kier alpha value is -4.10. The number of likely N-dealkylation sites (tertiary alicyclic amines) is 1. The van der Waals surface area contributed by atoms with E-state index in [1.54, 1.807) is 0 Å². The number of aromatic nitrogens is 1. The van der Waals surface area contributed by atoms with Crippen LogP contribution >= 0.6 is 46.3 Å². The van der Waals surface area contributed by atoms with Gasteiger partial charge in [-0.15, -0.1) is 11.8 Å². The number of nitrogens with zero attached hydrogens (tertiary/aromatic N) is 4. The van der Waals surface area contributed by atoms with E-state index in [1.807, 2.05) is 0 Å². The molecule has 2 saturated heterocycles. The minimum atomic E-state index is -1.41. The number of carboxylic acid groups (broad SMARTS) is 2. The van der Waals surface area contributed by atoms with E-state index in [2.05, 4.69) is 15.5 Å². The number of Topliss-reactive ketones (excluding diaryl/α,β-unsaturated/α-hetero) is 1. The number of nitrogens with one attached hydrogen (secondary N) is 1. The molecule has 0 bridgehead atoms. The van der Waals surface area contributed by atoms with Gasteiger partial charge in [-0.2, -0.15) is 0 Å². The normalized spacial score (nSPS) is 20.6. The molecule has 274 valence electrons. The lowest BCUT2D eigenvalue weighted by molar-refractivity contribution is -0.927. The number of rotatable bonds is 14. The number of aromatic hydroxyl groups is 2. The average Bonchev–Trinajstić information content (AvgIpc) is 3.42. The number of piperidine rings is 1. The van der Waals surface area contributed by atoms with Crippen LogP contribution in [0.3, 0.4) is 0 Å². The number of hydrogen-bond donors (Lipinski definition) is 6. The van der Waals surface area contributed by atoms with Crippen LogP contribution in [0.25, 0.3) is 0 Å². The predicted octanol–water partition coefficient (Wildman–Crippen LogP) is 2.90. The third-order valence-corrected chi connectivity index (χ3v) is 11.9. The highest BCUT2D eigenvalue weighted by atomic mass is 35.5. The number of amides is 2. The Morgan fingerprint density at radius 3 is 2.51 bits per heavy atom. The summed E-state index contributed by atoms with van der Waals surface area (Å²) in [6, 6.07) is 2.46. The highest BCUT2D eigenvalue weighted by Gasteiger charge is 2.55. The van der Waals surface area contributed by atoms with Crippen LogP contribution < -0.4 is 11.1 Å². The van der Waals surface area contributed by atoms with Gasteiger partial charge in [0.1, 0.15) is 22.3 Å². The van der Waals surface area contributed by atoms with Crippen molar-refractivity contribution in [2.45, 2.75) is 44.1 Å². The van der Waals surface area contributed by atoms with Crippen LogP contribution in [-0.2, 0) is 24.0 Å². The molecule has 2 amide bonds. The van der Waals surface area contributed by atoms with Crippen molar-refractivity contribution in [3.63, 3.8) is 0 Å². The highest BCUT2D eigenvalue weighted by Crippen LogP contribution is 2.46. The number of hydrogen-bond acceptors (Lipinski definition) is 13. The Morgan fingerprint density at radius 1 is 1.18 bits per heavy atom. The second kappa shape index (κ2) is 15.6. The predicted molar refractivity (Wildman–Crippen MR) is 188 cm³/mol. The van der Waals surface area contributed by atoms with Crippen LogP contribution in [0.5, 0.6) is 11.5 Å². The number of benzene rings is 1. The third-order valence-electron chi connectivity index (χ3n) is 9.01. The molecular weight excluding hydrogens is 751 g/mol. The van der Waals surface area contributed by atoms with Crippen molar-refractivity contribution in [2.24, 2.45) is 11.1 Å². The van der Waals surface area contributed by atoms with Crippen molar-refractivity contribution in [1.82, 2.24) is 15.2 Å². The van der Waals surface area contributed by atoms with Gasteiger partial charge in [-0.25, -0.2) is 14.6 Å². The molecule has 7 N–H and O–H groups in total. The number of halogens is 2. The lowest BCUT2D eigenvalue weighted by Gasteiger charge is -2.50. The Labute approximate surface area is 309 Å². The fourth-order valence-electron chi connectivity index (χ4n) is 6.38. The van der Waals surface area contributed by atoms with Crippen molar-refractivity contribution in [3.8, 4) is 11.5 Å². The summed E-state index contributed by atoms with van der Waals surface area (Å²) >= 11 is 14.5. The summed E-state index contributed by atoms with van der Waals surface area (Å²) < 4.78 is 0.487. The van der Waals surface area contributed by atoms with Crippen LogP contribution in [0.1, 0.15) is 48.7 Å². The van der Waals surface area contributed by atoms with E-state index in [4.69, 9.17) is 33.8 Å². The number of β-lactam (4-membered cyclic amide) rings is 1. The molecule has 20 heteroatoms. The molecule has 0 unspecified atom stereocenters. The number of fused-ring (bicyclic) bond motifs is 1. The van der Waals surface area contributed by atoms with Crippen molar-refractivity contribution in [2.75, 3.05) is 44.2 Å². The smallest absolute Gasteiger partial charge is 0.352 e. The molecule has 4 heterocycles. The van der Waals surface area contributed by atoms with Gasteiger partial charge in [-0.3, -0.25) is 19.3 Å². The quantitative estimate of drug-likeness (QED) is 0.0532. The monoisotopic (exact) mass is 785 g/mol. The van der Waals surface area contributed by atoms with E-state index < -0.39 is 70.6 Å². The first-order chi connectivity index (χ1) is 24.1.